The lowest BCUT2D eigenvalue weighted by atomic mass is 9.94. The first kappa shape index (κ1) is 16.8. The number of aryl methyl sites for hydroxylation is 1. The van der Waals surface area contributed by atoms with Crippen LogP contribution < -0.4 is 4.90 Å². The summed E-state index contributed by atoms with van der Waals surface area (Å²) in [6.45, 7) is 4.54. The predicted octanol–water partition coefficient (Wildman–Crippen LogP) is 3.44. The molecule has 4 heteroatoms. The van der Waals surface area contributed by atoms with Crippen molar-refractivity contribution in [1.29, 1.82) is 0 Å². The molecule has 0 N–H and O–H groups in total. The van der Waals surface area contributed by atoms with E-state index < -0.39 is 0 Å². The Balaban J connectivity index is 1.71. The number of ether oxygens (including phenoxy) is 2. The van der Waals surface area contributed by atoms with Gasteiger partial charge in [0.1, 0.15) is 0 Å². The Kier molecular flexibility index (Phi) is 5.36. The maximum atomic E-state index is 12.0. The molecular weight excluding hydrogens is 302 g/mol. The Labute approximate surface area is 143 Å². The summed E-state index contributed by atoms with van der Waals surface area (Å²) < 4.78 is 10.9. The summed E-state index contributed by atoms with van der Waals surface area (Å²) in [7, 11) is 1.43. The van der Waals surface area contributed by atoms with Crippen molar-refractivity contribution in [3.05, 3.63) is 53.1 Å². The zero-order valence-corrected chi connectivity index (χ0v) is 14.5. The lowest BCUT2D eigenvalue weighted by molar-refractivity contribution is 0.0600. The van der Waals surface area contributed by atoms with Gasteiger partial charge < -0.3 is 14.4 Å². The van der Waals surface area contributed by atoms with Crippen molar-refractivity contribution in [2.45, 2.75) is 32.3 Å². The molecule has 0 aromatic heterocycles. The number of hydrogen-bond acceptors (Lipinski definition) is 4. The molecule has 128 valence electrons. The van der Waals surface area contributed by atoms with E-state index >= 15 is 0 Å². The molecule has 1 aliphatic heterocycles. The molecule has 1 unspecified atom stereocenters. The van der Waals surface area contributed by atoms with Crippen molar-refractivity contribution in [3.8, 4) is 0 Å². The summed E-state index contributed by atoms with van der Waals surface area (Å²) in [6.07, 6.45) is 11.6. The number of rotatable bonds is 5. The van der Waals surface area contributed by atoms with E-state index in [4.69, 9.17) is 9.47 Å². The fourth-order valence-electron chi connectivity index (χ4n) is 3.52. The summed E-state index contributed by atoms with van der Waals surface area (Å²) in [5, 5.41) is 0. The van der Waals surface area contributed by atoms with Crippen LogP contribution in [0.3, 0.4) is 0 Å². The van der Waals surface area contributed by atoms with Crippen molar-refractivity contribution < 1.29 is 14.3 Å². The van der Waals surface area contributed by atoms with E-state index in [0.717, 1.165) is 37.9 Å². The van der Waals surface area contributed by atoms with E-state index in [1.807, 2.05) is 19.1 Å². The largest absolute Gasteiger partial charge is 0.465 e. The number of benzene rings is 1. The molecule has 0 spiro atoms. The molecule has 0 saturated heterocycles. The van der Waals surface area contributed by atoms with Gasteiger partial charge in [-0.1, -0.05) is 30.4 Å². The van der Waals surface area contributed by atoms with E-state index in [1.165, 1.54) is 18.4 Å². The van der Waals surface area contributed by atoms with E-state index in [-0.39, 0.29) is 12.1 Å². The number of fused-ring (bicyclic) bond motifs is 1. The normalized spacial score (nSPS) is 19.2. The minimum absolute atomic E-state index is 0.182. The van der Waals surface area contributed by atoms with E-state index in [9.17, 15) is 4.79 Å². The molecule has 3 rings (SSSR count). The second-order valence-corrected chi connectivity index (χ2v) is 6.29. The van der Waals surface area contributed by atoms with Gasteiger partial charge in [0, 0.05) is 18.8 Å². The molecule has 0 radical (unpaired) electrons. The number of carbonyl (C=O) groups excluding carboxylic acids is 1. The van der Waals surface area contributed by atoms with Gasteiger partial charge in [0.2, 0.25) is 0 Å². The molecule has 24 heavy (non-hydrogen) atoms. The highest BCUT2D eigenvalue weighted by molar-refractivity contribution is 5.93. The number of carbonyl (C=O) groups is 1. The molecular formula is C20H25NO3. The molecule has 1 aliphatic carbocycles. The Morgan fingerprint density at radius 2 is 2.21 bits per heavy atom. The maximum absolute atomic E-state index is 12.0. The first-order chi connectivity index (χ1) is 11.7. The Morgan fingerprint density at radius 1 is 1.33 bits per heavy atom. The van der Waals surface area contributed by atoms with Gasteiger partial charge in [-0.05, 0) is 43.4 Å². The Morgan fingerprint density at radius 3 is 2.96 bits per heavy atom. The van der Waals surface area contributed by atoms with Gasteiger partial charge in [0.25, 0.3) is 0 Å². The van der Waals surface area contributed by atoms with Gasteiger partial charge in [-0.25, -0.2) is 4.79 Å². The van der Waals surface area contributed by atoms with Crippen LogP contribution in [0.15, 0.2) is 36.4 Å². The predicted molar refractivity (Wildman–Crippen MR) is 95.7 cm³/mol. The first-order valence-electron chi connectivity index (χ1n) is 8.61. The van der Waals surface area contributed by atoms with Crippen molar-refractivity contribution in [3.63, 3.8) is 0 Å². The number of anilines is 1. The van der Waals surface area contributed by atoms with Crippen LogP contribution in [0.5, 0.6) is 0 Å². The number of methoxy groups -OCH3 is 1. The standard InChI is InChI=1S/C20H25NO3/c1-15-18(20(22)23-2)11-10-16-7-6-12-21(19(15)16)13-14-24-17-8-4-3-5-9-17/h3-5,8,10-11,17H,6-7,9,12-14H2,1-2H3. The lowest BCUT2D eigenvalue weighted by Crippen LogP contribution is -2.34. The smallest absolute Gasteiger partial charge is 0.338 e. The summed E-state index contributed by atoms with van der Waals surface area (Å²) in [6, 6.07) is 3.95. The molecule has 0 amide bonds. The monoisotopic (exact) mass is 327 g/mol. The minimum Gasteiger partial charge on any atom is -0.465 e. The van der Waals surface area contributed by atoms with Crippen molar-refractivity contribution >= 4 is 11.7 Å². The summed E-state index contributed by atoms with van der Waals surface area (Å²) in [4.78, 5) is 14.3. The second kappa shape index (κ2) is 7.67. The van der Waals surface area contributed by atoms with Gasteiger partial charge in [0.15, 0.2) is 0 Å². The van der Waals surface area contributed by atoms with E-state index in [2.05, 4.69) is 29.2 Å². The third kappa shape index (κ3) is 3.54. The van der Waals surface area contributed by atoms with Crippen LogP contribution in [0, 0.1) is 6.92 Å². The average Bonchev–Trinajstić information content (AvgIpc) is 2.62. The van der Waals surface area contributed by atoms with Crippen LogP contribution in [0.25, 0.3) is 0 Å². The van der Waals surface area contributed by atoms with E-state index in [0.29, 0.717) is 12.2 Å². The van der Waals surface area contributed by atoms with Crippen LogP contribution in [0.1, 0.15) is 34.3 Å². The fourth-order valence-corrected chi connectivity index (χ4v) is 3.52. The van der Waals surface area contributed by atoms with Crippen LogP contribution >= 0.6 is 0 Å². The van der Waals surface area contributed by atoms with Crippen molar-refractivity contribution in [2.24, 2.45) is 0 Å². The summed E-state index contributed by atoms with van der Waals surface area (Å²) in [5.41, 5.74) is 4.17. The summed E-state index contributed by atoms with van der Waals surface area (Å²) >= 11 is 0. The Bertz CT molecular complexity index is 663. The number of esters is 1. The van der Waals surface area contributed by atoms with Crippen LogP contribution in [-0.4, -0.2) is 38.9 Å². The second-order valence-electron chi connectivity index (χ2n) is 6.29. The highest BCUT2D eigenvalue weighted by Gasteiger charge is 2.23. The van der Waals surface area contributed by atoms with Gasteiger partial charge in [0.05, 0.1) is 25.4 Å². The molecule has 2 aliphatic rings. The number of nitrogens with zero attached hydrogens (tertiary/aromatic N) is 1. The highest BCUT2D eigenvalue weighted by Crippen LogP contribution is 2.32. The summed E-state index contributed by atoms with van der Waals surface area (Å²) in [5.74, 6) is -0.267. The molecule has 1 atom stereocenters. The SMILES string of the molecule is COC(=O)c1ccc2c(c1C)N(CCOC1C=CC=CC1)CCC2. The van der Waals surface area contributed by atoms with Crippen molar-refractivity contribution in [1.82, 2.24) is 0 Å². The number of allylic oxidation sites excluding steroid dienone is 2. The molecule has 0 bridgehead atoms. The maximum Gasteiger partial charge on any atom is 0.338 e. The van der Waals surface area contributed by atoms with Gasteiger partial charge in [-0.2, -0.15) is 0 Å². The zero-order valence-electron chi connectivity index (χ0n) is 14.5. The van der Waals surface area contributed by atoms with Gasteiger partial charge >= 0.3 is 5.97 Å². The van der Waals surface area contributed by atoms with Crippen LogP contribution in [-0.2, 0) is 15.9 Å². The van der Waals surface area contributed by atoms with Crippen LogP contribution in [0.4, 0.5) is 5.69 Å². The quantitative estimate of drug-likeness (QED) is 0.777. The average molecular weight is 327 g/mol. The molecule has 1 heterocycles. The topological polar surface area (TPSA) is 38.8 Å². The van der Waals surface area contributed by atoms with Crippen molar-refractivity contribution in [2.75, 3.05) is 31.7 Å². The van der Waals surface area contributed by atoms with E-state index in [1.54, 1.807) is 0 Å². The molecule has 1 aromatic carbocycles. The number of hydrogen-bond donors (Lipinski definition) is 0. The molecule has 1 aromatic rings. The van der Waals surface area contributed by atoms with Gasteiger partial charge in [-0.15, -0.1) is 0 Å². The lowest BCUT2D eigenvalue weighted by Gasteiger charge is -2.33. The third-order valence-electron chi connectivity index (χ3n) is 4.74. The fraction of sp³-hybridized carbons (Fsp3) is 0.450. The third-order valence-corrected chi connectivity index (χ3v) is 4.74. The Hall–Kier alpha value is -2.07. The molecule has 4 nitrogen and oxygen atoms in total. The molecule has 0 saturated carbocycles. The molecule has 0 fully saturated rings. The highest BCUT2D eigenvalue weighted by atomic mass is 16.5. The zero-order chi connectivity index (χ0) is 16.9. The van der Waals surface area contributed by atoms with Gasteiger partial charge in [-0.3, -0.25) is 0 Å². The van der Waals surface area contributed by atoms with Crippen LogP contribution in [0.2, 0.25) is 0 Å². The first-order valence-corrected chi connectivity index (χ1v) is 8.61. The minimum atomic E-state index is -0.267.